The molecule has 156 valence electrons. The second kappa shape index (κ2) is 8.31. The number of hydrogen-bond donors (Lipinski definition) is 1. The summed E-state index contributed by atoms with van der Waals surface area (Å²) in [5, 5.41) is 0. The summed E-state index contributed by atoms with van der Waals surface area (Å²) in [7, 11) is 0. The quantitative estimate of drug-likeness (QED) is 0.803. The fraction of sp³-hybridized carbons (Fsp3) is 0.583. The number of benzene rings is 1. The molecule has 2 aliphatic heterocycles. The number of aromatic amines is 1. The first kappa shape index (κ1) is 20.1. The van der Waals surface area contributed by atoms with Crippen molar-refractivity contribution in [3.8, 4) is 0 Å². The molecule has 0 saturated carbocycles. The molecule has 4 rings (SSSR count). The summed E-state index contributed by atoms with van der Waals surface area (Å²) >= 11 is 0. The minimum Gasteiger partial charge on any atom is -0.348 e. The highest BCUT2D eigenvalue weighted by Gasteiger charge is 2.49. The van der Waals surface area contributed by atoms with Gasteiger partial charge in [-0.25, -0.2) is 4.98 Å². The second-order valence-corrected chi connectivity index (χ2v) is 9.37. The monoisotopic (exact) mass is 394 g/mol. The van der Waals surface area contributed by atoms with Gasteiger partial charge in [-0.1, -0.05) is 38.1 Å². The van der Waals surface area contributed by atoms with Gasteiger partial charge in [0.25, 0.3) is 0 Å². The molecule has 1 N–H and O–H groups in total. The van der Waals surface area contributed by atoms with Gasteiger partial charge in [-0.05, 0) is 43.2 Å². The molecule has 0 radical (unpaired) electrons. The van der Waals surface area contributed by atoms with Crippen molar-refractivity contribution in [2.24, 2.45) is 17.8 Å². The molecule has 1 aromatic carbocycles. The van der Waals surface area contributed by atoms with Crippen LogP contribution in [0.1, 0.15) is 55.2 Å². The molecule has 2 aliphatic rings. The third-order valence-corrected chi connectivity index (χ3v) is 6.81. The molecule has 0 unspecified atom stereocenters. The van der Waals surface area contributed by atoms with Crippen molar-refractivity contribution in [3.63, 3.8) is 0 Å². The van der Waals surface area contributed by atoms with Gasteiger partial charge < -0.3 is 9.88 Å². The van der Waals surface area contributed by atoms with E-state index in [4.69, 9.17) is 0 Å². The summed E-state index contributed by atoms with van der Waals surface area (Å²) in [5.74, 6) is 1.93. The number of hydrogen-bond acceptors (Lipinski definition) is 3. The number of rotatable bonds is 6. The van der Waals surface area contributed by atoms with Crippen LogP contribution in [-0.2, 0) is 11.3 Å². The van der Waals surface area contributed by atoms with Crippen molar-refractivity contribution in [1.29, 1.82) is 0 Å². The Morgan fingerprint density at radius 3 is 2.69 bits per heavy atom. The average molecular weight is 395 g/mol. The van der Waals surface area contributed by atoms with E-state index in [-0.39, 0.29) is 6.04 Å². The maximum Gasteiger partial charge on any atom is 0.223 e. The smallest absolute Gasteiger partial charge is 0.223 e. The van der Waals surface area contributed by atoms with Crippen molar-refractivity contribution in [3.05, 3.63) is 53.1 Å². The molecule has 1 amide bonds. The molecule has 2 saturated heterocycles. The fourth-order valence-electron chi connectivity index (χ4n) is 5.15. The SMILES string of the molecule is Cc1ccccc1[C@@H]1[C@H]2CN(Cc3nc[nH]c3C)C[C@H]2CN1C(=O)CCC(C)C. The highest BCUT2D eigenvalue weighted by atomic mass is 16.2. The molecule has 5 heteroatoms. The van der Waals surface area contributed by atoms with Crippen molar-refractivity contribution in [2.75, 3.05) is 19.6 Å². The van der Waals surface area contributed by atoms with E-state index in [0.717, 1.165) is 44.0 Å². The van der Waals surface area contributed by atoms with E-state index in [2.05, 4.69) is 71.7 Å². The van der Waals surface area contributed by atoms with Crippen LogP contribution in [0.3, 0.4) is 0 Å². The van der Waals surface area contributed by atoms with Crippen LogP contribution in [0.5, 0.6) is 0 Å². The van der Waals surface area contributed by atoms with Gasteiger partial charge in [-0.15, -0.1) is 0 Å². The zero-order chi connectivity index (χ0) is 20.5. The molecule has 29 heavy (non-hydrogen) atoms. The Morgan fingerprint density at radius 1 is 1.21 bits per heavy atom. The number of aryl methyl sites for hydroxylation is 2. The summed E-state index contributed by atoms with van der Waals surface area (Å²) in [4.78, 5) is 25.6. The molecular formula is C24H34N4O. The molecule has 3 heterocycles. The Morgan fingerprint density at radius 2 is 2.00 bits per heavy atom. The van der Waals surface area contributed by atoms with E-state index >= 15 is 0 Å². The maximum atomic E-state index is 13.2. The van der Waals surface area contributed by atoms with Gasteiger partial charge in [0.15, 0.2) is 0 Å². The van der Waals surface area contributed by atoms with Gasteiger partial charge in [0.1, 0.15) is 0 Å². The fourth-order valence-corrected chi connectivity index (χ4v) is 5.15. The van der Waals surface area contributed by atoms with Crippen molar-refractivity contribution >= 4 is 5.91 Å². The Kier molecular flexibility index (Phi) is 5.77. The number of likely N-dealkylation sites (tertiary alicyclic amines) is 2. The molecular weight excluding hydrogens is 360 g/mol. The molecule has 0 spiro atoms. The highest BCUT2D eigenvalue weighted by Crippen LogP contribution is 2.46. The Hall–Kier alpha value is -2.14. The van der Waals surface area contributed by atoms with Crippen LogP contribution in [0.4, 0.5) is 0 Å². The first-order valence-electron chi connectivity index (χ1n) is 11.0. The van der Waals surface area contributed by atoms with Crippen molar-refractivity contribution < 1.29 is 4.79 Å². The van der Waals surface area contributed by atoms with E-state index in [1.807, 2.05) is 0 Å². The third-order valence-electron chi connectivity index (χ3n) is 6.81. The molecule has 0 bridgehead atoms. The van der Waals surface area contributed by atoms with Crippen LogP contribution >= 0.6 is 0 Å². The number of amides is 1. The number of imidazole rings is 1. The summed E-state index contributed by atoms with van der Waals surface area (Å²) in [6.07, 6.45) is 3.41. The lowest BCUT2D eigenvalue weighted by molar-refractivity contribution is -0.133. The van der Waals surface area contributed by atoms with Gasteiger partial charge in [-0.3, -0.25) is 9.69 Å². The Balaban J connectivity index is 1.55. The van der Waals surface area contributed by atoms with E-state index < -0.39 is 0 Å². The second-order valence-electron chi connectivity index (χ2n) is 9.37. The van der Waals surface area contributed by atoms with E-state index in [1.165, 1.54) is 11.1 Å². The van der Waals surface area contributed by atoms with E-state index in [0.29, 0.717) is 30.1 Å². The van der Waals surface area contributed by atoms with Gasteiger partial charge in [0, 0.05) is 44.2 Å². The number of carbonyl (C=O) groups excluding carboxylic acids is 1. The van der Waals surface area contributed by atoms with Gasteiger partial charge in [-0.2, -0.15) is 0 Å². The van der Waals surface area contributed by atoms with Crippen LogP contribution in [0.2, 0.25) is 0 Å². The molecule has 2 aromatic rings. The standard InChI is InChI=1S/C24H34N4O/c1-16(2)9-10-23(29)28-12-19-11-27(14-22-18(4)25-15-26-22)13-21(19)24(28)20-8-6-5-7-17(20)3/h5-8,15-16,19,21,24H,9-14H2,1-4H3,(H,25,26)/t19-,21-,24+/m0/s1. The van der Waals surface area contributed by atoms with E-state index in [9.17, 15) is 4.79 Å². The van der Waals surface area contributed by atoms with Gasteiger partial charge >= 0.3 is 0 Å². The minimum atomic E-state index is 0.200. The minimum absolute atomic E-state index is 0.200. The number of H-pyrrole nitrogens is 1. The molecule has 1 aromatic heterocycles. The molecule has 0 aliphatic carbocycles. The van der Waals surface area contributed by atoms with Crippen molar-refractivity contribution in [2.45, 2.75) is 53.1 Å². The van der Waals surface area contributed by atoms with Crippen LogP contribution in [0, 0.1) is 31.6 Å². The first-order valence-corrected chi connectivity index (χ1v) is 11.0. The number of nitrogens with one attached hydrogen (secondary N) is 1. The number of aromatic nitrogens is 2. The largest absolute Gasteiger partial charge is 0.348 e. The van der Waals surface area contributed by atoms with E-state index in [1.54, 1.807) is 6.33 Å². The zero-order valence-corrected chi connectivity index (χ0v) is 18.2. The lowest BCUT2D eigenvalue weighted by atomic mass is 9.87. The molecule has 5 nitrogen and oxygen atoms in total. The summed E-state index contributed by atoms with van der Waals surface area (Å²) < 4.78 is 0. The number of carbonyl (C=O) groups is 1. The summed E-state index contributed by atoms with van der Waals surface area (Å²) in [6.45, 7) is 12.5. The predicted molar refractivity (Wildman–Crippen MR) is 115 cm³/mol. The highest BCUT2D eigenvalue weighted by molar-refractivity contribution is 5.77. The van der Waals surface area contributed by atoms with Gasteiger partial charge in [0.2, 0.25) is 5.91 Å². The number of nitrogens with zero attached hydrogens (tertiary/aromatic N) is 3. The molecule has 3 atom stereocenters. The molecule has 2 fully saturated rings. The maximum absolute atomic E-state index is 13.2. The van der Waals surface area contributed by atoms with Crippen LogP contribution in [0.25, 0.3) is 0 Å². The van der Waals surface area contributed by atoms with Gasteiger partial charge in [0.05, 0.1) is 18.1 Å². The first-order chi connectivity index (χ1) is 13.9. The Bertz CT molecular complexity index is 858. The predicted octanol–water partition coefficient (Wildman–Crippen LogP) is 4.09. The van der Waals surface area contributed by atoms with Crippen LogP contribution in [-0.4, -0.2) is 45.3 Å². The third kappa shape index (κ3) is 4.11. The lowest BCUT2D eigenvalue weighted by Crippen LogP contribution is -2.36. The average Bonchev–Trinajstić information content (AvgIpc) is 3.35. The van der Waals surface area contributed by atoms with Crippen LogP contribution < -0.4 is 0 Å². The lowest BCUT2D eigenvalue weighted by Gasteiger charge is -2.31. The number of fused-ring (bicyclic) bond motifs is 1. The summed E-state index contributed by atoms with van der Waals surface area (Å²) in [5.41, 5.74) is 4.92. The Labute approximate surface area is 174 Å². The zero-order valence-electron chi connectivity index (χ0n) is 18.2. The topological polar surface area (TPSA) is 52.2 Å². The normalized spacial score (nSPS) is 24.4. The van der Waals surface area contributed by atoms with Crippen LogP contribution in [0.15, 0.2) is 30.6 Å². The van der Waals surface area contributed by atoms with Crippen molar-refractivity contribution in [1.82, 2.24) is 19.8 Å². The summed E-state index contributed by atoms with van der Waals surface area (Å²) in [6, 6.07) is 8.82.